The Hall–Kier alpha value is -3.53. The molecule has 1 fully saturated rings. The first-order valence-electron chi connectivity index (χ1n) is 9.65. The second kappa shape index (κ2) is 7.95. The number of carbonyl (C=O) groups is 1. The summed E-state index contributed by atoms with van der Waals surface area (Å²) >= 11 is 0. The number of nitrogens with two attached hydrogens (primary N) is 1. The van der Waals surface area contributed by atoms with E-state index >= 15 is 0 Å². The number of nitrogen functional groups attached to an aromatic ring is 1. The first-order valence-corrected chi connectivity index (χ1v) is 9.65. The lowest BCUT2D eigenvalue weighted by atomic mass is 10.0. The molecular formula is C21H21F2N5O3. The number of nitrogens with one attached hydrogen (secondary N) is 1. The van der Waals surface area contributed by atoms with Crippen molar-refractivity contribution in [3.63, 3.8) is 0 Å². The molecule has 10 heteroatoms. The van der Waals surface area contributed by atoms with Crippen molar-refractivity contribution in [1.29, 1.82) is 5.41 Å². The third kappa shape index (κ3) is 3.93. The average Bonchev–Trinajstić information content (AvgIpc) is 3.04. The molecule has 0 saturated carbocycles. The summed E-state index contributed by atoms with van der Waals surface area (Å²) in [6.45, 7) is 2.52. The molecule has 4 rings (SSSR count). The second-order valence-corrected chi connectivity index (χ2v) is 7.49. The summed E-state index contributed by atoms with van der Waals surface area (Å²) in [5.74, 6) is -2.22. The van der Waals surface area contributed by atoms with Gasteiger partial charge in [-0.3, -0.25) is 5.41 Å². The molecule has 162 valence electrons. The number of hydrogen-bond acceptors (Lipinski definition) is 4. The van der Waals surface area contributed by atoms with Crippen molar-refractivity contribution in [1.82, 2.24) is 14.3 Å². The maximum atomic E-state index is 14.9. The van der Waals surface area contributed by atoms with Gasteiger partial charge in [0, 0.05) is 24.7 Å². The molecule has 1 aromatic carbocycles. The van der Waals surface area contributed by atoms with E-state index in [0.717, 1.165) is 17.7 Å². The van der Waals surface area contributed by atoms with Gasteiger partial charge in [-0.1, -0.05) is 0 Å². The Bertz CT molecular complexity index is 1170. The van der Waals surface area contributed by atoms with Crippen LogP contribution in [0.4, 0.5) is 13.6 Å². The van der Waals surface area contributed by atoms with E-state index in [9.17, 15) is 18.7 Å². The van der Waals surface area contributed by atoms with Gasteiger partial charge in [0.1, 0.15) is 23.1 Å². The Morgan fingerprint density at radius 3 is 2.71 bits per heavy atom. The Balaban J connectivity index is 1.83. The molecule has 0 radical (unpaired) electrons. The third-order valence-electron chi connectivity index (χ3n) is 5.30. The number of imidazole rings is 1. The van der Waals surface area contributed by atoms with E-state index in [0.29, 0.717) is 11.3 Å². The number of aryl methyl sites for hydroxylation is 1. The number of halogens is 2. The number of carboxylic acid groups (broad SMARTS) is 1. The number of benzene rings is 1. The highest BCUT2D eigenvalue weighted by molar-refractivity contribution is 5.95. The lowest BCUT2D eigenvalue weighted by Crippen LogP contribution is -2.45. The fourth-order valence-corrected chi connectivity index (χ4v) is 3.78. The Kier molecular flexibility index (Phi) is 5.32. The smallest absolute Gasteiger partial charge is 0.407 e. The SMILES string of the molecule is Cc1ccn2c(CC3CN(C(=O)O)CCO3)c(-c3c(F)cc(C(=N)N)cc3F)nc2c1. The Morgan fingerprint density at radius 1 is 1.35 bits per heavy atom. The summed E-state index contributed by atoms with van der Waals surface area (Å²) in [5, 5.41) is 16.7. The van der Waals surface area contributed by atoms with Crippen LogP contribution in [-0.2, 0) is 11.2 Å². The second-order valence-electron chi connectivity index (χ2n) is 7.49. The molecule has 8 nitrogen and oxygen atoms in total. The van der Waals surface area contributed by atoms with Gasteiger partial charge in [0.2, 0.25) is 0 Å². The Morgan fingerprint density at radius 2 is 2.06 bits per heavy atom. The fraction of sp³-hybridized carbons (Fsp3) is 0.286. The first-order chi connectivity index (χ1) is 14.7. The third-order valence-corrected chi connectivity index (χ3v) is 5.30. The molecule has 1 unspecified atom stereocenters. The molecule has 0 bridgehead atoms. The summed E-state index contributed by atoms with van der Waals surface area (Å²) in [7, 11) is 0. The van der Waals surface area contributed by atoms with Crippen molar-refractivity contribution in [2.24, 2.45) is 5.73 Å². The van der Waals surface area contributed by atoms with Gasteiger partial charge >= 0.3 is 6.09 Å². The van der Waals surface area contributed by atoms with Gasteiger partial charge in [-0.05, 0) is 36.8 Å². The highest BCUT2D eigenvalue weighted by atomic mass is 19.1. The predicted octanol–water partition coefficient (Wildman–Crippen LogP) is 2.79. The number of rotatable bonds is 4. The molecule has 1 atom stereocenters. The van der Waals surface area contributed by atoms with Crippen molar-refractivity contribution in [3.8, 4) is 11.3 Å². The lowest BCUT2D eigenvalue weighted by Gasteiger charge is -2.31. The van der Waals surface area contributed by atoms with Crippen LogP contribution in [0.15, 0.2) is 30.5 Å². The quantitative estimate of drug-likeness (QED) is 0.436. The molecule has 1 saturated heterocycles. The van der Waals surface area contributed by atoms with Crippen LogP contribution < -0.4 is 5.73 Å². The van der Waals surface area contributed by atoms with Crippen molar-refractivity contribution in [2.75, 3.05) is 19.7 Å². The predicted molar refractivity (Wildman–Crippen MR) is 109 cm³/mol. The molecule has 1 amide bonds. The number of pyridine rings is 1. The summed E-state index contributed by atoms with van der Waals surface area (Å²) in [5.41, 5.74) is 7.02. The normalized spacial score (nSPS) is 16.6. The van der Waals surface area contributed by atoms with Crippen LogP contribution in [-0.4, -0.2) is 57.1 Å². The van der Waals surface area contributed by atoms with E-state index < -0.39 is 29.7 Å². The summed E-state index contributed by atoms with van der Waals surface area (Å²) in [6, 6.07) is 5.64. The van der Waals surface area contributed by atoms with Gasteiger partial charge in [-0.2, -0.15) is 0 Å². The summed E-state index contributed by atoms with van der Waals surface area (Å²) in [4.78, 5) is 17.1. The maximum Gasteiger partial charge on any atom is 0.407 e. The van der Waals surface area contributed by atoms with Crippen LogP contribution in [0.2, 0.25) is 0 Å². The van der Waals surface area contributed by atoms with Gasteiger partial charge in [0.05, 0.1) is 36.2 Å². The van der Waals surface area contributed by atoms with Gasteiger partial charge in [0.25, 0.3) is 0 Å². The number of amides is 1. The summed E-state index contributed by atoms with van der Waals surface area (Å²) < 4.78 is 37.3. The zero-order chi connectivity index (χ0) is 22.3. The highest BCUT2D eigenvalue weighted by Gasteiger charge is 2.28. The standard InChI is InChI=1S/C21H21F2N5O3/c1-11-2-3-28-16(9-13-10-27(21(29)30)4-5-31-13)19(26-17(28)6-11)18-14(22)7-12(20(24)25)8-15(18)23/h2-3,6-8,13H,4-5,9-10H2,1H3,(H3,24,25)(H,29,30). The lowest BCUT2D eigenvalue weighted by molar-refractivity contribution is -0.0214. The minimum absolute atomic E-state index is 0.0624. The fourth-order valence-electron chi connectivity index (χ4n) is 3.78. The number of amidine groups is 1. The van der Waals surface area contributed by atoms with E-state index in [-0.39, 0.29) is 42.9 Å². The van der Waals surface area contributed by atoms with E-state index in [1.807, 2.05) is 13.0 Å². The van der Waals surface area contributed by atoms with E-state index in [4.69, 9.17) is 15.9 Å². The molecule has 0 aliphatic carbocycles. The number of fused-ring (bicyclic) bond motifs is 1. The molecule has 1 aliphatic rings. The highest BCUT2D eigenvalue weighted by Crippen LogP contribution is 2.32. The zero-order valence-corrected chi connectivity index (χ0v) is 16.7. The molecule has 1 aliphatic heterocycles. The minimum atomic E-state index is -1.04. The number of nitrogens with zero attached hydrogens (tertiary/aromatic N) is 3. The number of ether oxygens (including phenoxy) is 1. The van der Waals surface area contributed by atoms with Crippen molar-refractivity contribution in [3.05, 3.63) is 58.9 Å². The number of morpholine rings is 1. The van der Waals surface area contributed by atoms with Crippen LogP contribution in [0.3, 0.4) is 0 Å². The molecule has 31 heavy (non-hydrogen) atoms. The van der Waals surface area contributed by atoms with Gasteiger partial charge < -0.3 is 24.9 Å². The molecule has 0 spiro atoms. The van der Waals surface area contributed by atoms with Crippen molar-refractivity contribution >= 4 is 17.6 Å². The number of hydrogen-bond donors (Lipinski definition) is 3. The van der Waals surface area contributed by atoms with Crippen LogP contribution in [0.1, 0.15) is 16.8 Å². The van der Waals surface area contributed by atoms with Crippen LogP contribution in [0.5, 0.6) is 0 Å². The topological polar surface area (TPSA) is 117 Å². The van der Waals surface area contributed by atoms with E-state index in [1.54, 1.807) is 16.7 Å². The number of aromatic nitrogens is 2. The molecule has 3 aromatic rings. The molecular weight excluding hydrogens is 408 g/mol. The van der Waals surface area contributed by atoms with Crippen LogP contribution in [0.25, 0.3) is 16.9 Å². The van der Waals surface area contributed by atoms with Crippen molar-refractivity contribution < 1.29 is 23.4 Å². The summed E-state index contributed by atoms with van der Waals surface area (Å²) in [6.07, 6.45) is 0.427. The van der Waals surface area contributed by atoms with E-state index in [2.05, 4.69) is 4.98 Å². The van der Waals surface area contributed by atoms with Gasteiger partial charge in [-0.25, -0.2) is 18.6 Å². The molecule has 4 N–H and O–H groups in total. The maximum absolute atomic E-state index is 14.9. The van der Waals surface area contributed by atoms with Crippen LogP contribution in [0, 0.1) is 24.0 Å². The largest absolute Gasteiger partial charge is 0.465 e. The van der Waals surface area contributed by atoms with Crippen molar-refractivity contribution in [2.45, 2.75) is 19.4 Å². The van der Waals surface area contributed by atoms with Crippen LogP contribution >= 0.6 is 0 Å². The Labute approximate surface area is 176 Å². The monoisotopic (exact) mass is 429 g/mol. The zero-order valence-electron chi connectivity index (χ0n) is 16.7. The van der Waals surface area contributed by atoms with Gasteiger partial charge in [0.15, 0.2) is 0 Å². The first kappa shape index (κ1) is 20.7. The molecule has 2 aromatic heterocycles. The molecule has 3 heterocycles. The van der Waals surface area contributed by atoms with E-state index in [1.165, 1.54) is 4.90 Å². The minimum Gasteiger partial charge on any atom is -0.465 e. The average molecular weight is 429 g/mol. The van der Waals surface area contributed by atoms with Gasteiger partial charge in [-0.15, -0.1) is 0 Å².